The van der Waals surface area contributed by atoms with Crippen molar-refractivity contribution in [1.82, 2.24) is 10.3 Å². The van der Waals surface area contributed by atoms with Crippen LogP contribution in [0.25, 0.3) is 17.0 Å². The van der Waals surface area contributed by atoms with Crippen molar-refractivity contribution in [2.75, 3.05) is 13.3 Å². The average molecular weight is 369 g/mol. The molecular formula is C20H17ClN2O3. The van der Waals surface area contributed by atoms with Crippen molar-refractivity contribution in [2.24, 2.45) is 0 Å². The van der Waals surface area contributed by atoms with Crippen LogP contribution in [-0.2, 0) is 11.2 Å². The van der Waals surface area contributed by atoms with Crippen molar-refractivity contribution >= 4 is 34.5 Å². The van der Waals surface area contributed by atoms with Gasteiger partial charge in [0.05, 0.1) is 5.02 Å². The summed E-state index contributed by atoms with van der Waals surface area (Å²) in [5.74, 6) is 0.988. The van der Waals surface area contributed by atoms with Crippen LogP contribution in [0.15, 0.2) is 48.7 Å². The van der Waals surface area contributed by atoms with E-state index in [2.05, 4.69) is 16.4 Å². The molecule has 2 aromatic carbocycles. The second-order valence-electron chi connectivity index (χ2n) is 5.97. The maximum atomic E-state index is 12.0. The Kier molecular flexibility index (Phi) is 4.54. The van der Waals surface area contributed by atoms with Crippen LogP contribution in [0.3, 0.4) is 0 Å². The van der Waals surface area contributed by atoms with Gasteiger partial charge in [0.15, 0.2) is 11.5 Å². The van der Waals surface area contributed by atoms with Gasteiger partial charge >= 0.3 is 0 Å². The van der Waals surface area contributed by atoms with E-state index in [0.717, 1.165) is 17.5 Å². The third kappa shape index (κ3) is 3.39. The van der Waals surface area contributed by atoms with Gasteiger partial charge in [0, 0.05) is 29.7 Å². The lowest BCUT2D eigenvalue weighted by Gasteiger charge is -2.03. The van der Waals surface area contributed by atoms with Gasteiger partial charge in [0.1, 0.15) is 0 Å². The molecule has 26 heavy (non-hydrogen) atoms. The van der Waals surface area contributed by atoms with Gasteiger partial charge in [-0.1, -0.05) is 29.8 Å². The van der Waals surface area contributed by atoms with Crippen molar-refractivity contribution in [3.63, 3.8) is 0 Å². The number of nitrogens with one attached hydrogen (secondary N) is 2. The molecule has 1 amide bonds. The van der Waals surface area contributed by atoms with Crippen LogP contribution in [-0.4, -0.2) is 24.2 Å². The summed E-state index contributed by atoms with van der Waals surface area (Å²) in [5.41, 5.74) is 3.08. The second-order valence-corrected chi connectivity index (χ2v) is 6.38. The molecule has 3 aromatic rings. The summed E-state index contributed by atoms with van der Waals surface area (Å²) < 4.78 is 10.6. The van der Waals surface area contributed by atoms with Crippen LogP contribution in [0, 0.1) is 0 Å². The Morgan fingerprint density at radius 1 is 1.27 bits per heavy atom. The van der Waals surface area contributed by atoms with Crippen LogP contribution in [0.4, 0.5) is 0 Å². The first-order valence-corrected chi connectivity index (χ1v) is 8.68. The normalized spacial score (nSPS) is 12.8. The van der Waals surface area contributed by atoms with Gasteiger partial charge in [0.25, 0.3) is 0 Å². The van der Waals surface area contributed by atoms with Gasteiger partial charge in [-0.25, -0.2) is 0 Å². The highest BCUT2D eigenvalue weighted by atomic mass is 35.5. The molecule has 1 aliphatic rings. The number of ether oxygens (including phenoxy) is 2. The molecule has 0 bridgehead atoms. The molecule has 0 atom stereocenters. The maximum Gasteiger partial charge on any atom is 0.244 e. The molecule has 1 aliphatic heterocycles. The van der Waals surface area contributed by atoms with E-state index in [4.69, 9.17) is 21.1 Å². The van der Waals surface area contributed by atoms with E-state index in [1.165, 1.54) is 17.0 Å². The Morgan fingerprint density at radius 3 is 3.08 bits per heavy atom. The number of para-hydroxylation sites is 1. The quantitative estimate of drug-likeness (QED) is 0.671. The summed E-state index contributed by atoms with van der Waals surface area (Å²) in [6.45, 7) is 0.726. The minimum Gasteiger partial charge on any atom is -0.454 e. The molecule has 1 aromatic heterocycles. The third-order valence-electron chi connectivity index (χ3n) is 4.25. The van der Waals surface area contributed by atoms with Crippen LogP contribution in [0.2, 0.25) is 5.02 Å². The highest BCUT2D eigenvalue weighted by Gasteiger charge is 2.17. The Hall–Kier alpha value is -2.92. The van der Waals surface area contributed by atoms with Gasteiger partial charge in [0.2, 0.25) is 12.7 Å². The number of carbonyl (C=O) groups excluding carboxylic acids is 1. The number of aromatic nitrogens is 1. The molecule has 0 aliphatic carbocycles. The summed E-state index contributed by atoms with van der Waals surface area (Å²) in [5, 5.41) is 4.55. The predicted molar refractivity (Wildman–Crippen MR) is 102 cm³/mol. The summed E-state index contributed by atoms with van der Waals surface area (Å²) in [7, 11) is 0. The number of halogens is 1. The second kappa shape index (κ2) is 7.14. The first-order chi connectivity index (χ1) is 12.7. The lowest BCUT2D eigenvalue weighted by molar-refractivity contribution is -0.116. The topological polar surface area (TPSA) is 63.4 Å². The van der Waals surface area contributed by atoms with Gasteiger partial charge in [-0.15, -0.1) is 0 Å². The number of rotatable bonds is 5. The molecule has 132 valence electrons. The molecular weight excluding hydrogens is 352 g/mol. The zero-order valence-electron chi connectivity index (χ0n) is 13.9. The largest absolute Gasteiger partial charge is 0.454 e. The monoisotopic (exact) mass is 368 g/mol. The highest BCUT2D eigenvalue weighted by molar-refractivity contribution is 6.32. The summed E-state index contributed by atoms with van der Waals surface area (Å²) in [6.07, 6.45) is 5.94. The minimum absolute atomic E-state index is 0.154. The minimum atomic E-state index is -0.154. The first-order valence-electron chi connectivity index (χ1n) is 8.31. The zero-order chi connectivity index (χ0) is 17.9. The van der Waals surface area contributed by atoms with Crippen LogP contribution in [0.1, 0.15) is 11.1 Å². The number of amides is 1. The Morgan fingerprint density at radius 2 is 2.15 bits per heavy atom. The van der Waals surface area contributed by atoms with Crippen LogP contribution < -0.4 is 14.8 Å². The molecule has 0 fully saturated rings. The van der Waals surface area contributed by atoms with Gasteiger partial charge in [-0.2, -0.15) is 0 Å². The number of H-pyrrole nitrogens is 1. The fourth-order valence-corrected chi connectivity index (χ4v) is 3.25. The molecule has 6 heteroatoms. The van der Waals surface area contributed by atoms with Crippen LogP contribution >= 0.6 is 11.6 Å². The summed E-state index contributed by atoms with van der Waals surface area (Å²) in [6, 6.07) is 11.7. The number of carbonyl (C=O) groups is 1. The molecule has 0 spiro atoms. The fourth-order valence-electron chi connectivity index (χ4n) is 2.97. The fraction of sp³-hybridized carbons (Fsp3) is 0.150. The van der Waals surface area contributed by atoms with E-state index in [9.17, 15) is 4.79 Å². The smallest absolute Gasteiger partial charge is 0.244 e. The SMILES string of the molecule is O=C(/C=C/c1cc(Cl)c2c(c1)OCO2)NCCc1c[nH]c2ccccc12. The molecule has 2 heterocycles. The van der Waals surface area contributed by atoms with Gasteiger partial charge in [-0.05, 0) is 41.8 Å². The summed E-state index contributed by atoms with van der Waals surface area (Å²) in [4.78, 5) is 15.3. The molecule has 0 unspecified atom stereocenters. The van der Waals surface area contributed by atoms with Crippen molar-refractivity contribution in [3.8, 4) is 11.5 Å². The van der Waals surface area contributed by atoms with Crippen molar-refractivity contribution in [1.29, 1.82) is 0 Å². The molecule has 0 saturated heterocycles. The van der Waals surface area contributed by atoms with E-state index in [1.54, 1.807) is 18.2 Å². The predicted octanol–water partition coefficient (Wildman–Crippen LogP) is 3.92. The van der Waals surface area contributed by atoms with E-state index >= 15 is 0 Å². The Bertz CT molecular complexity index is 994. The number of hydrogen-bond donors (Lipinski definition) is 2. The number of fused-ring (bicyclic) bond motifs is 2. The Balaban J connectivity index is 1.34. The zero-order valence-corrected chi connectivity index (χ0v) is 14.7. The third-order valence-corrected chi connectivity index (χ3v) is 4.53. The molecule has 2 N–H and O–H groups in total. The van der Waals surface area contributed by atoms with E-state index < -0.39 is 0 Å². The maximum absolute atomic E-state index is 12.0. The molecule has 0 radical (unpaired) electrons. The lowest BCUT2D eigenvalue weighted by atomic mass is 10.1. The standard InChI is InChI=1S/C20H17ClN2O3/c21-16-9-13(10-18-20(16)26-12-25-18)5-6-19(24)22-8-7-14-11-23-17-4-2-1-3-15(14)17/h1-6,9-11,23H,7-8,12H2,(H,22,24)/b6-5+. The number of benzene rings is 2. The van der Waals surface area contributed by atoms with Crippen LogP contribution in [0.5, 0.6) is 11.5 Å². The number of aromatic amines is 1. The van der Waals surface area contributed by atoms with E-state index in [-0.39, 0.29) is 12.7 Å². The average Bonchev–Trinajstić information content (AvgIpc) is 3.27. The highest BCUT2D eigenvalue weighted by Crippen LogP contribution is 2.40. The lowest BCUT2D eigenvalue weighted by Crippen LogP contribution is -2.23. The van der Waals surface area contributed by atoms with E-state index in [0.29, 0.717) is 23.1 Å². The summed E-state index contributed by atoms with van der Waals surface area (Å²) >= 11 is 6.14. The first kappa shape index (κ1) is 16.5. The molecule has 4 rings (SSSR count). The van der Waals surface area contributed by atoms with Crippen molar-refractivity contribution < 1.29 is 14.3 Å². The van der Waals surface area contributed by atoms with Gasteiger partial charge in [-0.3, -0.25) is 4.79 Å². The van der Waals surface area contributed by atoms with Crippen molar-refractivity contribution in [3.05, 3.63) is 64.8 Å². The van der Waals surface area contributed by atoms with E-state index in [1.807, 2.05) is 24.4 Å². The molecule has 5 nitrogen and oxygen atoms in total. The van der Waals surface area contributed by atoms with Crippen molar-refractivity contribution in [2.45, 2.75) is 6.42 Å². The van der Waals surface area contributed by atoms with Gasteiger partial charge < -0.3 is 19.8 Å². The molecule has 0 saturated carbocycles. The Labute approximate surface area is 155 Å². The number of hydrogen-bond acceptors (Lipinski definition) is 3.